The molecule has 0 saturated carbocycles. The summed E-state index contributed by atoms with van der Waals surface area (Å²) in [7, 11) is 0. The van der Waals surface area contributed by atoms with Gasteiger partial charge in [0, 0.05) is 16.8 Å². The minimum absolute atomic E-state index is 0.174. The number of rotatable bonds is 4. The Hall–Kier alpha value is -3.15. The van der Waals surface area contributed by atoms with E-state index in [2.05, 4.69) is 0 Å². The summed E-state index contributed by atoms with van der Waals surface area (Å²) in [5, 5.41) is 18.2. The lowest BCUT2D eigenvalue weighted by molar-refractivity contribution is 0.0649. The minimum atomic E-state index is -1.47. The largest absolute Gasteiger partial charge is 0.478 e. The van der Waals surface area contributed by atoms with Crippen LogP contribution in [0.5, 0.6) is 0 Å². The maximum absolute atomic E-state index is 12.4. The van der Waals surface area contributed by atoms with Crippen LogP contribution in [-0.2, 0) is 0 Å². The van der Waals surface area contributed by atoms with Gasteiger partial charge in [0.05, 0.1) is 11.1 Å². The second-order valence-corrected chi connectivity index (χ2v) is 4.29. The van der Waals surface area contributed by atoms with Crippen molar-refractivity contribution in [3.8, 4) is 0 Å². The van der Waals surface area contributed by atoms with E-state index in [1.807, 2.05) is 0 Å². The third kappa shape index (κ3) is 2.74. The summed E-state index contributed by atoms with van der Waals surface area (Å²) in [5.74, 6) is -3.44. The molecule has 0 aliphatic heterocycles. The minimum Gasteiger partial charge on any atom is -0.478 e. The van der Waals surface area contributed by atoms with E-state index in [1.165, 1.54) is 36.4 Å². The summed E-state index contributed by atoms with van der Waals surface area (Å²) >= 11 is 0. The molecule has 6 heteroatoms. The topological polar surface area (TPSA) is 118 Å². The van der Waals surface area contributed by atoms with Crippen molar-refractivity contribution < 1.29 is 24.6 Å². The third-order valence-electron chi connectivity index (χ3n) is 2.93. The van der Waals surface area contributed by atoms with E-state index >= 15 is 0 Å². The number of benzene rings is 2. The normalized spacial score (nSPS) is 10.1. The van der Waals surface area contributed by atoms with Gasteiger partial charge in [-0.05, 0) is 30.3 Å². The maximum Gasteiger partial charge on any atom is 0.337 e. The van der Waals surface area contributed by atoms with Gasteiger partial charge in [-0.1, -0.05) is 12.1 Å². The quantitative estimate of drug-likeness (QED) is 0.583. The lowest BCUT2D eigenvalue weighted by Gasteiger charge is -2.08. The van der Waals surface area contributed by atoms with Gasteiger partial charge >= 0.3 is 11.9 Å². The Bertz CT molecular complexity index is 734. The molecule has 0 spiro atoms. The number of hydrogen-bond donors (Lipinski definition) is 3. The fourth-order valence-electron chi connectivity index (χ4n) is 1.94. The Labute approximate surface area is 119 Å². The highest BCUT2D eigenvalue weighted by Crippen LogP contribution is 2.20. The van der Waals surface area contributed by atoms with E-state index in [9.17, 15) is 19.5 Å². The van der Waals surface area contributed by atoms with Crippen molar-refractivity contribution in [1.29, 1.82) is 0 Å². The van der Waals surface area contributed by atoms with Crippen molar-refractivity contribution in [2.24, 2.45) is 0 Å². The molecule has 0 aromatic heterocycles. The molecule has 0 aliphatic carbocycles. The van der Waals surface area contributed by atoms with Gasteiger partial charge in [-0.15, -0.1) is 0 Å². The van der Waals surface area contributed by atoms with Gasteiger partial charge < -0.3 is 15.9 Å². The first-order valence-electron chi connectivity index (χ1n) is 5.91. The predicted octanol–water partition coefficient (Wildman–Crippen LogP) is 1.90. The Morgan fingerprint density at radius 2 is 1.38 bits per heavy atom. The molecule has 0 saturated heterocycles. The Morgan fingerprint density at radius 1 is 0.810 bits per heavy atom. The summed E-state index contributed by atoms with van der Waals surface area (Å²) in [6, 6.07) is 9.69. The van der Waals surface area contributed by atoms with Crippen LogP contribution in [0.3, 0.4) is 0 Å². The van der Waals surface area contributed by atoms with Gasteiger partial charge in [-0.2, -0.15) is 0 Å². The number of anilines is 1. The smallest absolute Gasteiger partial charge is 0.337 e. The number of carbonyl (C=O) groups excluding carboxylic acids is 1. The van der Waals surface area contributed by atoms with Crippen molar-refractivity contribution in [3.63, 3.8) is 0 Å². The van der Waals surface area contributed by atoms with E-state index in [0.29, 0.717) is 5.69 Å². The lowest BCUT2D eigenvalue weighted by atomic mass is 9.94. The molecule has 21 heavy (non-hydrogen) atoms. The molecule has 6 nitrogen and oxygen atoms in total. The number of carbonyl (C=O) groups is 3. The first kappa shape index (κ1) is 14.3. The number of nitrogen functional groups attached to an aromatic ring is 1. The van der Waals surface area contributed by atoms with Crippen LogP contribution in [0.25, 0.3) is 0 Å². The van der Waals surface area contributed by atoms with E-state index in [0.717, 1.165) is 6.07 Å². The van der Waals surface area contributed by atoms with Crippen LogP contribution in [0, 0.1) is 0 Å². The molecule has 2 aromatic rings. The number of carboxylic acids is 2. The van der Waals surface area contributed by atoms with E-state index in [-0.39, 0.29) is 11.1 Å². The summed E-state index contributed by atoms with van der Waals surface area (Å²) in [5.41, 5.74) is 5.10. The summed E-state index contributed by atoms with van der Waals surface area (Å²) in [6.07, 6.45) is 0. The third-order valence-corrected chi connectivity index (χ3v) is 2.93. The molecule has 0 bridgehead atoms. The van der Waals surface area contributed by atoms with Crippen LogP contribution >= 0.6 is 0 Å². The number of hydrogen-bond acceptors (Lipinski definition) is 4. The molecule has 0 radical (unpaired) electrons. The van der Waals surface area contributed by atoms with E-state index in [4.69, 9.17) is 10.8 Å². The van der Waals surface area contributed by atoms with Gasteiger partial charge in [-0.25, -0.2) is 9.59 Å². The zero-order valence-electron chi connectivity index (χ0n) is 10.7. The Balaban J connectivity index is 2.60. The summed E-state index contributed by atoms with van der Waals surface area (Å²) in [4.78, 5) is 34.8. The molecule has 2 rings (SSSR count). The first-order chi connectivity index (χ1) is 9.91. The average Bonchev–Trinajstić information content (AvgIpc) is 2.46. The van der Waals surface area contributed by atoms with Crippen LogP contribution in [0.4, 0.5) is 5.69 Å². The van der Waals surface area contributed by atoms with Crippen LogP contribution < -0.4 is 5.73 Å². The molecule has 0 amide bonds. The van der Waals surface area contributed by atoms with Crippen molar-refractivity contribution in [1.82, 2.24) is 0 Å². The van der Waals surface area contributed by atoms with Crippen molar-refractivity contribution in [2.45, 2.75) is 0 Å². The molecule has 0 atom stereocenters. The van der Waals surface area contributed by atoms with Crippen LogP contribution in [0.1, 0.15) is 36.6 Å². The zero-order valence-corrected chi connectivity index (χ0v) is 10.7. The van der Waals surface area contributed by atoms with Crippen molar-refractivity contribution in [2.75, 3.05) is 5.73 Å². The van der Waals surface area contributed by atoms with Gasteiger partial charge in [0.15, 0.2) is 5.78 Å². The second-order valence-electron chi connectivity index (χ2n) is 4.29. The Kier molecular flexibility index (Phi) is 3.71. The fraction of sp³-hybridized carbons (Fsp3) is 0. The highest BCUT2D eigenvalue weighted by atomic mass is 16.4. The summed E-state index contributed by atoms with van der Waals surface area (Å²) < 4.78 is 0. The number of aromatic carboxylic acids is 2. The molecule has 0 fully saturated rings. The highest BCUT2D eigenvalue weighted by Gasteiger charge is 2.24. The van der Waals surface area contributed by atoms with E-state index in [1.54, 1.807) is 0 Å². The van der Waals surface area contributed by atoms with Crippen LogP contribution in [0.2, 0.25) is 0 Å². The maximum atomic E-state index is 12.4. The SMILES string of the molecule is Nc1ccc(C(=O)c2cccc(C(=O)O)c2C(=O)O)cc1. The molecule has 0 unspecified atom stereocenters. The molecule has 0 aliphatic rings. The average molecular weight is 285 g/mol. The number of nitrogens with two attached hydrogens (primary N) is 1. The van der Waals surface area contributed by atoms with Crippen LogP contribution in [0.15, 0.2) is 42.5 Å². The molecular formula is C15H11NO5. The van der Waals surface area contributed by atoms with Gasteiger partial charge in [-0.3, -0.25) is 4.79 Å². The standard InChI is InChI=1S/C15H11NO5/c16-9-6-4-8(5-7-9)13(17)10-2-1-3-11(14(18)19)12(10)15(20)21/h1-7H,16H2,(H,18,19)(H,20,21). The molecule has 106 valence electrons. The van der Waals surface area contributed by atoms with Crippen molar-refractivity contribution >= 4 is 23.4 Å². The molecule has 4 N–H and O–H groups in total. The highest BCUT2D eigenvalue weighted by molar-refractivity contribution is 6.17. The second kappa shape index (κ2) is 5.46. The van der Waals surface area contributed by atoms with Gasteiger partial charge in [0.25, 0.3) is 0 Å². The molecule has 0 heterocycles. The fourth-order valence-corrected chi connectivity index (χ4v) is 1.94. The van der Waals surface area contributed by atoms with E-state index < -0.39 is 28.8 Å². The number of carboxylic acid groups (broad SMARTS) is 2. The zero-order chi connectivity index (χ0) is 15.6. The lowest BCUT2D eigenvalue weighted by Crippen LogP contribution is -2.15. The van der Waals surface area contributed by atoms with Gasteiger partial charge in [0.1, 0.15) is 0 Å². The molecule has 2 aromatic carbocycles. The summed E-state index contributed by atoms with van der Waals surface area (Å²) in [6.45, 7) is 0. The number of ketones is 1. The van der Waals surface area contributed by atoms with Crippen LogP contribution in [-0.4, -0.2) is 27.9 Å². The van der Waals surface area contributed by atoms with Crippen molar-refractivity contribution in [3.05, 3.63) is 64.7 Å². The van der Waals surface area contributed by atoms with Gasteiger partial charge in [0.2, 0.25) is 0 Å². The predicted molar refractivity (Wildman–Crippen MR) is 74.6 cm³/mol. The molecular weight excluding hydrogens is 274 g/mol. The Morgan fingerprint density at radius 3 is 1.90 bits per heavy atom. The monoisotopic (exact) mass is 285 g/mol. The first-order valence-corrected chi connectivity index (χ1v) is 5.91.